The average Bonchev–Trinajstić information content (AvgIpc) is 3.52. The largest absolute Gasteiger partial charge is 0.497 e. The lowest BCUT2D eigenvalue weighted by molar-refractivity contribution is -0.125. The summed E-state index contributed by atoms with van der Waals surface area (Å²) in [5, 5.41) is 4.36. The molecule has 0 bridgehead atoms. The molecule has 1 unspecified atom stereocenters. The van der Waals surface area contributed by atoms with Crippen molar-refractivity contribution in [3.63, 3.8) is 0 Å². The van der Waals surface area contributed by atoms with Gasteiger partial charge in [0.1, 0.15) is 17.1 Å². The molecular weight excluding hydrogens is 600 g/mol. The summed E-state index contributed by atoms with van der Waals surface area (Å²) in [6, 6.07) is 5.32. The maximum Gasteiger partial charge on any atom is 0.260 e. The van der Waals surface area contributed by atoms with E-state index in [1.54, 1.807) is 47.0 Å². The minimum absolute atomic E-state index is 0.0234. The summed E-state index contributed by atoms with van der Waals surface area (Å²) >= 11 is 6.71. The number of likely N-dealkylation sites (N-methyl/N-ethyl adjacent to an activating group) is 1. The molecule has 45 heavy (non-hydrogen) atoms. The van der Waals surface area contributed by atoms with Gasteiger partial charge in [-0.2, -0.15) is 4.98 Å². The molecule has 0 radical (unpaired) electrons. The van der Waals surface area contributed by atoms with Gasteiger partial charge in [0, 0.05) is 73.7 Å². The van der Waals surface area contributed by atoms with Crippen LogP contribution in [0.15, 0.2) is 41.3 Å². The zero-order chi connectivity index (χ0) is 31.9. The van der Waals surface area contributed by atoms with Gasteiger partial charge in [-0.3, -0.25) is 14.2 Å². The van der Waals surface area contributed by atoms with Crippen molar-refractivity contribution < 1.29 is 23.7 Å². The van der Waals surface area contributed by atoms with Crippen LogP contribution in [0.25, 0.3) is 22.2 Å². The molecule has 2 fully saturated rings. The van der Waals surface area contributed by atoms with Crippen LogP contribution in [0.3, 0.4) is 0 Å². The van der Waals surface area contributed by atoms with Crippen LogP contribution in [0, 0.1) is 0 Å². The van der Waals surface area contributed by atoms with Crippen LogP contribution < -0.4 is 20.3 Å². The molecule has 1 amide bonds. The first kappa shape index (κ1) is 32.7. The number of pyridine rings is 1. The minimum Gasteiger partial charge on any atom is -0.497 e. The van der Waals surface area contributed by atoms with E-state index in [-0.39, 0.29) is 36.8 Å². The molecule has 1 atom stereocenters. The van der Waals surface area contributed by atoms with Crippen molar-refractivity contribution >= 4 is 34.5 Å². The lowest BCUT2D eigenvalue weighted by atomic mass is 10.0. The normalized spacial score (nSPS) is 17.5. The number of carbonyl (C=O) groups is 1. The van der Waals surface area contributed by atoms with Crippen LogP contribution in [0.2, 0.25) is 5.02 Å². The Kier molecular flexibility index (Phi) is 10.9. The molecule has 242 valence electrons. The third-order valence-electron chi connectivity index (χ3n) is 8.00. The zero-order valence-corrected chi connectivity index (χ0v) is 27.0. The van der Waals surface area contributed by atoms with Gasteiger partial charge >= 0.3 is 0 Å². The molecule has 3 aromatic rings. The fourth-order valence-corrected chi connectivity index (χ4v) is 5.82. The molecule has 5 rings (SSSR count). The number of hydrogen-bond acceptors (Lipinski definition) is 10. The molecular formula is C32H41ClN6O6. The Balaban J connectivity index is 1.41. The quantitative estimate of drug-likeness (QED) is 0.295. The van der Waals surface area contributed by atoms with Crippen LogP contribution in [0.1, 0.15) is 19.3 Å². The third kappa shape index (κ3) is 7.93. The van der Waals surface area contributed by atoms with Crippen LogP contribution in [0.4, 0.5) is 5.95 Å². The van der Waals surface area contributed by atoms with Gasteiger partial charge in [0.05, 0.1) is 38.5 Å². The van der Waals surface area contributed by atoms with Gasteiger partial charge in [-0.05, 0) is 45.5 Å². The molecule has 2 saturated heterocycles. The van der Waals surface area contributed by atoms with E-state index in [4.69, 9.17) is 35.5 Å². The van der Waals surface area contributed by atoms with Gasteiger partial charge in [-0.15, -0.1) is 0 Å². The zero-order valence-electron chi connectivity index (χ0n) is 26.3. The van der Waals surface area contributed by atoms with Crippen molar-refractivity contribution in [1.82, 2.24) is 24.3 Å². The highest BCUT2D eigenvalue weighted by Crippen LogP contribution is 2.38. The van der Waals surface area contributed by atoms with Crippen LogP contribution >= 0.6 is 11.6 Å². The van der Waals surface area contributed by atoms with Crippen LogP contribution in [0.5, 0.6) is 11.5 Å². The second-order valence-electron chi connectivity index (χ2n) is 11.4. The monoisotopic (exact) mass is 640 g/mol. The second-order valence-corrected chi connectivity index (χ2v) is 11.8. The van der Waals surface area contributed by atoms with Crippen molar-refractivity contribution in [3.05, 3.63) is 51.9 Å². The second kappa shape index (κ2) is 15.0. The van der Waals surface area contributed by atoms with Gasteiger partial charge in [0.15, 0.2) is 0 Å². The van der Waals surface area contributed by atoms with Crippen molar-refractivity contribution in [2.45, 2.75) is 38.0 Å². The highest BCUT2D eigenvalue weighted by molar-refractivity contribution is 6.35. The van der Waals surface area contributed by atoms with E-state index in [2.05, 4.69) is 10.3 Å². The molecule has 1 aromatic carbocycles. The number of amides is 1. The van der Waals surface area contributed by atoms with E-state index in [1.807, 2.05) is 25.1 Å². The van der Waals surface area contributed by atoms with Gasteiger partial charge in [0.25, 0.3) is 5.56 Å². The van der Waals surface area contributed by atoms with E-state index >= 15 is 0 Å². The number of hydrogen-bond donors (Lipinski definition) is 1. The average molecular weight is 641 g/mol. The SMILES string of the molecule is COc1cc(OC)c(Cl)c(-c2cc3cnc(NC4CCOCC4)nc3n(CCOC3CCN(C(=O)/C=C/CN(C)C)C3)c2=O)c1. The Labute approximate surface area is 267 Å². The van der Waals surface area contributed by atoms with Gasteiger partial charge in [0.2, 0.25) is 11.9 Å². The van der Waals surface area contributed by atoms with Gasteiger partial charge < -0.3 is 34.1 Å². The number of nitrogens with one attached hydrogen (secondary N) is 1. The van der Waals surface area contributed by atoms with Gasteiger partial charge in [-0.25, -0.2) is 4.98 Å². The molecule has 0 saturated carbocycles. The molecule has 1 N–H and O–H groups in total. The maximum absolute atomic E-state index is 14.2. The maximum atomic E-state index is 14.2. The number of ether oxygens (including phenoxy) is 4. The number of likely N-dealkylation sites (tertiary alicyclic amines) is 1. The van der Waals surface area contributed by atoms with Crippen molar-refractivity contribution in [1.29, 1.82) is 0 Å². The molecule has 4 heterocycles. The Bertz CT molecular complexity index is 1590. The number of fused-ring (bicyclic) bond motifs is 1. The molecule has 0 spiro atoms. The number of benzene rings is 1. The van der Waals surface area contributed by atoms with Crippen molar-refractivity contribution in [3.8, 4) is 22.6 Å². The predicted octanol–water partition coefficient (Wildman–Crippen LogP) is 3.46. The number of halogens is 1. The standard InChI is InChI=1S/C32H41ClN6O6/c1-37(2)10-5-6-28(40)38-11-7-23(20-38)45-15-12-39-30-21(19-34-32(36-30)35-22-8-13-44-14-9-22)16-26(31(39)41)25-17-24(42-3)18-27(43-4)29(25)33/h5-6,16-19,22-23H,7-15,20H2,1-4H3,(H,34,35,36)/b6-5+. The number of methoxy groups -OCH3 is 2. The lowest BCUT2D eigenvalue weighted by Gasteiger charge is -2.23. The third-order valence-corrected chi connectivity index (χ3v) is 8.39. The highest BCUT2D eigenvalue weighted by Gasteiger charge is 2.26. The van der Waals surface area contributed by atoms with Crippen molar-refractivity contribution in [2.75, 3.05) is 73.1 Å². The topological polar surface area (TPSA) is 120 Å². The Hall–Kier alpha value is -3.71. The van der Waals surface area contributed by atoms with Crippen LogP contribution in [-0.2, 0) is 20.8 Å². The fourth-order valence-electron chi connectivity index (χ4n) is 5.53. The minimum atomic E-state index is -0.284. The summed E-state index contributed by atoms with van der Waals surface area (Å²) in [6.07, 6.45) is 7.48. The van der Waals surface area contributed by atoms with Crippen molar-refractivity contribution in [2.24, 2.45) is 0 Å². The van der Waals surface area contributed by atoms with Crippen LogP contribution in [-0.4, -0.2) is 110 Å². The smallest absolute Gasteiger partial charge is 0.260 e. The number of carbonyl (C=O) groups excluding carboxylic acids is 1. The molecule has 13 heteroatoms. The number of aromatic nitrogens is 3. The van der Waals surface area contributed by atoms with E-state index < -0.39 is 0 Å². The lowest BCUT2D eigenvalue weighted by Crippen LogP contribution is -2.30. The van der Waals surface area contributed by atoms with Gasteiger partial charge in [-0.1, -0.05) is 17.7 Å². The fraction of sp³-hybridized carbons (Fsp3) is 0.500. The summed E-state index contributed by atoms with van der Waals surface area (Å²) in [7, 11) is 6.97. The first-order valence-corrected chi connectivity index (χ1v) is 15.5. The summed E-state index contributed by atoms with van der Waals surface area (Å²) in [5.41, 5.74) is 1.04. The number of anilines is 1. The number of rotatable bonds is 12. The molecule has 2 aliphatic rings. The summed E-state index contributed by atoms with van der Waals surface area (Å²) in [6.45, 7) is 3.67. The molecule has 0 aliphatic carbocycles. The first-order valence-electron chi connectivity index (χ1n) is 15.2. The molecule has 2 aliphatic heterocycles. The Morgan fingerprint density at radius 1 is 1.16 bits per heavy atom. The van der Waals surface area contributed by atoms with E-state index in [9.17, 15) is 9.59 Å². The Morgan fingerprint density at radius 2 is 1.96 bits per heavy atom. The number of nitrogens with zero attached hydrogens (tertiary/aromatic N) is 5. The predicted molar refractivity (Wildman–Crippen MR) is 173 cm³/mol. The van der Waals surface area contributed by atoms with E-state index in [1.165, 1.54) is 7.11 Å². The first-order chi connectivity index (χ1) is 21.8. The Morgan fingerprint density at radius 3 is 2.69 bits per heavy atom. The highest BCUT2D eigenvalue weighted by atomic mass is 35.5. The summed E-state index contributed by atoms with van der Waals surface area (Å²) in [5.74, 6) is 1.32. The van der Waals surface area contributed by atoms with E-state index in [0.717, 1.165) is 19.3 Å². The summed E-state index contributed by atoms with van der Waals surface area (Å²) < 4.78 is 24.2. The summed E-state index contributed by atoms with van der Waals surface area (Å²) in [4.78, 5) is 39.9. The molecule has 2 aromatic heterocycles. The molecule has 12 nitrogen and oxygen atoms in total. The van der Waals surface area contributed by atoms with E-state index in [0.29, 0.717) is 77.5 Å².